The van der Waals surface area contributed by atoms with Gasteiger partial charge in [0.2, 0.25) is 5.91 Å². The Morgan fingerprint density at radius 2 is 1.95 bits per heavy atom. The highest BCUT2D eigenvalue weighted by Crippen LogP contribution is 2.13. The highest BCUT2D eigenvalue weighted by atomic mass is 16.5. The maximum atomic E-state index is 11.8. The van der Waals surface area contributed by atoms with Crippen molar-refractivity contribution >= 4 is 11.9 Å². The van der Waals surface area contributed by atoms with Crippen LogP contribution in [0.4, 0.5) is 0 Å². The summed E-state index contributed by atoms with van der Waals surface area (Å²) in [6.45, 7) is 2.80. The molecule has 2 N–H and O–H groups in total. The van der Waals surface area contributed by atoms with E-state index in [1.165, 1.54) is 7.11 Å². The first kappa shape index (κ1) is 16.2. The van der Waals surface area contributed by atoms with Crippen LogP contribution in [-0.2, 0) is 14.3 Å². The predicted octanol–water partition coefficient (Wildman–Crippen LogP) is 1.41. The average Bonchev–Trinajstić information content (AvgIpc) is 2.48. The molecule has 0 aliphatic heterocycles. The number of carbonyl (C=O) groups excluding carboxylic acids is 2. The normalized spacial score (nSPS) is 11.7. The Hall–Kier alpha value is -1.88. The highest BCUT2D eigenvalue weighted by Gasteiger charge is 2.21. The zero-order valence-electron chi connectivity index (χ0n) is 12.0. The van der Waals surface area contributed by atoms with Gasteiger partial charge in [-0.2, -0.15) is 0 Å². The maximum Gasteiger partial charge on any atom is 0.327 e. The van der Waals surface area contributed by atoms with Crippen LogP contribution in [-0.4, -0.2) is 32.1 Å². The van der Waals surface area contributed by atoms with E-state index in [-0.39, 0.29) is 12.5 Å². The SMILES string of the molecule is CCCCNC(=O)CNC(C(=O)OC)c1ccccc1. The highest BCUT2D eigenvalue weighted by molar-refractivity contribution is 5.81. The summed E-state index contributed by atoms with van der Waals surface area (Å²) >= 11 is 0. The van der Waals surface area contributed by atoms with E-state index in [2.05, 4.69) is 17.6 Å². The van der Waals surface area contributed by atoms with Gasteiger partial charge in [0.15, 0.2) is 0 Å². The number of hydrogen-bond donors (Lipinski definition) is 2. The number of nitrogens with one attached hydrogen (secondary N) is 2. The lowest BCUT2D eigenvalue weighted by molar-refractivity contribution is -0.143. The van der Waals surface area contributed by atoms with E-state index in [4.69, 9.17) is 4.74 Å². The van der Waals surface area contributed by atoms with Crippen LogP contribution in [0.15, 0.2) is 30.3 Å². The Bertz CT molecular complexity index is 420. The largest absolute Gasteiger partial charge is 0.468 e. The lowest BCUT2D eigenvalue weighted by atomic mass is 10.1. The number of amides is 1. The van der Waals surface area contributed by atoms with Crippen LogP contribution in [0.1, 0.15) is 31.4 Å². The number of methoxy groups -OCH3 is 1. The molecule has 0 fully saturated rings. The zero-order chi connectivity index (χ0) is 14.8. The quantitative estimate of drug-likeness (QED) is 0.557. The monoisotopic (exact) mass is 278 g/mol. The van der Waals surface area contributed by atoms with Gasteiger partial charge in [-0.15, -0.1) is 0 Å². The first-order chi connectivity index (χ1) is 9.69. The summed E-state index contributed by atoms with van der Waals surface area (Å²) in [4.78, 5) is 23.4. The second-order valence-electron chi connectivity index (χ2n) is 4.45. The number of unbranched alkanes of at least 4 members (excludes halogenated alkanes) is 1. The first-order valence-corrected chi connectivity index (χ1v) is 6.82. The van der Waals surface area contributed by atoms with E-state index in [1.807, 2.05) is 30.3 Å². The number of rotatable bonds is 8. The summed E-state index contributed by atoms with van der Waals surface area (Å²) in [6.07, 6.45) is 1.98. The number of carbonyl (C=O) groups is 2. The van der Waals surface area contributed by atoms with E-state index >= 15 is 0 Å². The minimum atomic E-state index is -0.627. The minimum Gasteiger partial charge on any atom is -0.468 e. The topological polar surface area (TPSA) is 67.4 Å². The standard InChI is InChI=1S/C15H22N2O3/c1-3-4-10-16-13(18)11-17-14(15(19)20-2)12-8-6-5-7-9-12/h5-9,14,17H,3-4,10-11H2,1-2H3,(H,16,18). The van der Waals surface area contributed by atoms with Crippen molar-refractivity contribution in [2.75, 3.05) is 20.2 Å². The summed E-state index contributed by atoms with van der Waals surface area (Å²) in [5, 5.41) is 5.72. The van der Waals surface area contributed by atoms with Crippen LogP contribution in [0.25, 0.3) is 0 Å². The zero-order valence-corrected chi connectivity index (χ0v) is 12.0. The van der Waals surface area contributed by atoms with Crippen LogP contribution >= 0.6 is 0 Å². The predicted molar refractivity (Wildman–Crippen MR) is 77.1 cm³/mol. The third-order valence-electron chi connectivity index (χ3n) is 2.89. The number of esters is 1. The fraction of sp³-hybridized carbons (Fsp3) is 0.467. The van der Waals surface area contributed by atoms with Crippen LogP contribution in [0, 0.1) is 0 Å². The van der Waals surface area contributed by atoms with Crippen molar-refractivity contribution in [2.45, 2.75) is 25.8 Å². The third-order valence-corrected chi connectivity index (χ3v) is 2.89. The second-order valence-corrected chi connectivity index (χ2v) is 4.45. The van der Waals surface area contributed by atoms with Crippen molar-refractivity contribution in [3.8, 4) is 0 Å². The van der Waals surface area contributed by atoms with Gasteiger partial charge in [0.25, 0.3) is 0 Å². The van der Waals surface area contributed by atoms with Crippen molar-refractivity contribution < 1.29 is 14.3 Å². The van der Waals surface area contributed by atoms with Crippen molar-refractivity contribution in [1.82, 2.24) is 10.6 Å². The van der Waals surface area contributed by atoms with Crippen molar-refractivity contribution in [3.05, 3.63) is 35.9 Å². The smallest absolute Gasteiger partial charge is 0.327 e. The first-order valence-electron chi connectivity index (χ1n) is 6.82. The van der Waals surface area contributed by atoms with E-state index in [0.717, 1.165) is 18.4 Å². The molecule has 20 heavy (non-hydrogen) atoms. The molecule has 1 amide bonds. The Morgan fingerprint density at radius 1 is 1.25 bits per heavy atom. The molecule has 0 saturated heterocycles. The van der Waals surface area contributed by atoms with Crippen molar-refractivity contribution in [1.29, 1.82) is 0 Å². The number of ether oxygens (including phenoxy) is 1. The minimum absolute atomic E-state index is 0.0817. The Morgan fingerprint density at radius 3 is 2.55 bits per heavy atom. The van der Waals surface area contributed by atoms with Crippen molar-refractivity contribution in [3.63, 3.8) is 0 Å². The van der Waals surface area contributed by atoms with Gasteiger partial charge in [-0.1, -0.05) is 43.7 Å². The molecule has 5 heteroatoms. The molecule has 0 aromatic heterocycles. The molecular formula is C15H22N2O3. The summed E-state index contributed by atoms with van der Waals surface area (Å²) in [7, 11) is 1.33. The molecule has 1 aromatic carbocycles. The summed E-state index contributed by atoms with van der Waals surface area (Å²) in [5.41, 5.74) is 0.778. The molecular weight excluding hydrogens is 256 g/mol. The van der Waals surface area contributed by atoms with Crippen LogP contribution in [0.2, 0.25) is 0 Å². The number of benzene rings is 1. The average molecular weight is 278 g/mol. The second kappa shape index (κ2) is 9.09. The van der Waals surface area contributed by atoms with E-state index < -0.39 is 12.0 Å². The van der Waals surface area contributed by atoms with Crippen LogP contribution < -0.4 is 10.6 Å². The maximum absolute atomic E-state index is 11.8. The summed E-state index contributed by atoms with van der Waals surface area (Å²) < 4.78 is 4.76. The molecule has 0 bridgehead atoms. The van der Waals surface area contributed by atoms with Gasteiger partial charge in [0, 0.05) is 6.54 Å². The fourth-order valence-electron chi connectivity index (χ4n) is 1.76. The van der Waals surface area contributed by atoms with Crippen molar-refractivity contribution in [2.24, 2.45) is 0 Å². The Balaban J connectivity index is 2.54. The summed E-state index contributed by atoms with van der Waals surface area (Å²) in [6, 6.07) is 8.57. The molecule has 0 radical (unpaired) electrons. The molecule has 1 aromatic rings. The molecule has 1 atom stereocenters. The van der Waals surface area contributed by atoms with Gasteiger partial charge in [-0.25, -0.2) is 4.79 Å². The van der Waals surface area contributed by atoms with Crippen LogP contribution in [0.3, 0.4) is 0 Å². The lowest BCUT2D eigenvalue weighted by Crippen LogP contribution is -2.39. The van der Waals surface area contributed by atoms with Gasteiger partial charge in [-0.05, 0) is 12.0 Å². The number of hydrogen-bond acceptors (Lipinski definition) is 4. The molecule has 0 aliphatic carbocycles. The van der Waals surface area contributed by atoms with Gasteiger partial charge in [-0.3, -0.25) is 10.1 Å². The van der Waals surface area contributed by atoms with Gasteiger partial charge >= 0.3 is 5.97 Å². The molecule has 0 saturated carbocycles. The fourth-order valence-corrected chi connectivity index (χ4v) is 1.76. The van der Waals surface area contributed by atoms with E-state index in [9.17, 15) is 9.59 Å². The Kier molecular flexibility index (Phi) is 7.35. The molecule has 0 heterocycles. The molecule has 0 spiro atoms. The van der Waals surface area contributed by atoms with Gasteiger partial charge < -0.3 is 10.1 Å². The molecule has 110 valence electrons. The third kappa shape index (κ3) is 5.40. The van der Waals surface area contributed by atoms with E-state index in [0.29, 0.717) is 6.54 Å². The van der Waals surface area contributed by atoms with Crippen LogP contribution in [0.5, 0.6) is 0 Å². The van der Waals surface area contributed by atoms with E-state index in [1.54, 1.807) is 0 Å². The molecule has 1 rings (SSSR count). The molecule has 5 nitrogen and oxygen atoms in total. The molecule has 1 unspecified atom stereocenters. The lowest BCUT2D eigenvalue weighted by Gasteiger charge is -2.16. The van der Waals surface area contributed by atoms with Gasteiger partial charge in [0.05, 0.1) is 13.7 Å². The molecule has 0 aliphatic rings. The van der Waals surface area contributed by atoms with Gasteiger partial charge in [0.1, 0.15) is 6.04 Å². The summed E-state index contributed by atoms with van der Waals surface area (Å²) in [5.74, 6) is -0.527. The Labute approximate surface area is 119 Å².